The molecule has 100 valence electrons. The van der Waals surface area contributed by atoms with Crippen LogP contribution >= 0.6 is 45.8 Å². The largest absolute Gasteiger partial charge is 0.207 e. The van der Waals surface area contributed by atoms with E-state index in [1.165, 1.54) is 6.92 Å². The molecule has 0 aliphatic heterocycles. The molecule has 2 aromatic carbocycles. The second-order valence-corrected chi connectivity index (χ2v) is 6.16. The van der Waals surface area contributed by atoms with Crippen molar-refractivity contribution in [2.75, 3.05) is 0 Å². The molecule has 0 heterocycles. The number of hydrogen-bond acceptors (Lipinski definition) is 0. The van der Waals surface area contributed by atoms with E-state index in [1.807, 2.05) is 0 Å². The first-order chi connectivity index (χ1) is 8.90. The van der Waals surface area contributed by atoms with Crippen LogP contribution in [0.2, 0.25) is 5.02 Å². The summed E-state index contributed by atoms with van der Waals surface area (Å²) in [5.74, 6) is -0.993. The molecule has 0 spiro atoms. The van der Waals surface area contributed by atoms with E-state index >= 15 is 0 Å². The summed E-state index contributed by atoms with van der Waals surface area (Å²) in [7, 11) is 0. The maximum absolute atomic E-state index is 13.9. The van der Waals surface area contributed by atoms with Gasteiger partial charge in [-0.1, -0.05) is 17.7 Å². The SMILES string of the molecule is Cc1cc(F)c(C(Cl)c2ccc(I)c(Cl)c2)cc1F. The van der Waals surface area contributed by atoms with Crippen LogP contribution in [0.1, 0.15) is 22.1 Å². The Balaban J connectivity index is 2.46. The van der Waals surface area contributed by atoms with Crippen molar-refractivity contribution in [2.24, 2.45) is 0 Å². The topological polar surface area (TPSA) is 0 Å². The molecule has 0 radical (unpaired) electrons. The highest BCUT2D eigenvalue weighted by atomic mass is 127. The third-order valence-corrected chi connectivity index (χ3v) is 4.85. The number of halogens is 5. The van der Waals surface area contributed by atoms with Gasteiger partial charge in [0.15, 0.2) is 0 Å². The fourth-order valence-electron chi connectivity index (χ4n) is 1.71. The standard InChI is InChI=1S/C14H9Cl2F2I/c1-7-4-12(18)9(6-11(7)17)14(16)8-2-3-13(19)10(15)5-8/h2-6,14H,1H3. The van der Waals surface area contributed by atoms with E-state index in [-0.39, 0.29) is 11.1 Å². The minimum atomic E-state index is -0.774. The van der Waals surface area contributed by atoms with Gasteiger partial charge in [0.2, 0.25) is 0 Å². The molecule has 0 nitrogen and oxygen atoms in total. The number of benzene rings is 2. The zero-order valence-corrected chi connectivity index (χ0v) is 13.5. The van der Waals surface area contributed by atoms with Gasteiger partial charge in [0, 0.05) is 9.13 Å². The first kappa shape index (κ1) is 15.0. The fraction of sp³-hybridized carbons (Fsp3) is 0.143. The Bertz CT molecular complexity index is 629. The van der Waals surface area contributed by atoms with Crippen LogP contribution in [0.15, 0.2) is 30.3 Å². The summed E-state index contributed by atoms with van der Waals surface area (Å²) in [5, 5.41) is -0.235. The molecule has 1 unspecified atom stereocenters. The number of hydrogen-bond donors (Lipinski definition) is 0. The van der Waals surface area contributed by atoms with Gasteiger partial charge < -0.3 is 0 Å². The van der Waals surface area contributed by atoms with Crippen molar-refractivity contribution in [2.45, 2.75) is 12.3 Å². The quantitative estimate of drug-likeness (QED) is 0.428. The van der Waals surface area contributed by atoms with Gasteiger partial charge in [-0.2, -0.15) is 0 Å². The van der Waals surface area contributed by atoms with Crippen LogP contribution in [-0.4, -0.2) is 0 Å². The Kier molecular flexibility index (Phi) is 4.69. The lowest BCUT2D eigenvalue weighted by Gasteiger charge is -2.13. The summed E-state index contributed by atoms with van der Waals surface area (Å²) in [6.45, 7) is 1.51. The molecule has 0 bridgehead atoms. The van der Waals surface area contributed by atoms with Crippen molar-refractivity contribution in [3.8, 4) is 0 Å². The van der Waals surface area contributed by atoms with Crippen molar-refractivity contribution in [3.63, 3.8) is 0 Å². The second kappa shape index (κ2) is 5.94. The first-order valence-electron chi connectivity index (χ1n) is 5.44. The Labute approximate surface area is 133 Å². The molecular weight excluding hydrogens is 404 g/mol. The van der Waals surface area contributed by atoms with E-state index in [0.29, 0.717) is 10.6 Å². The van der Waals surface area contributed by atoms with E-state index in [1.54, 1.807) is 18.2 Å². The van der Waals surface area contributed by atoms with Crippen LogP contribution < -0.4 is 0 Å². The summed E-state index contributed by atoms with van der Waals surface area (Å²) in [6, 6.07) is 7.49. The molecule has 0 aliphatic carbocycles. The average Bonchev–Trinajstić information content (AvgIpc) is 2.36. The number of rotatable bonds is 2. The third-order valence-electron chi connectivity index (χ3n) is 2.79. The van der Waals surface area contributed by atoms with Crippen molar-refractivity contribution >= 4 is 45.8 Å². The predicted molar refractivity (Wildman–Crippen MR) is 83.0 cm³/mol. The monoisotopic (exact) mass is 412 g/mol. The number of alkyl halides is 1. The smallest absolute Gasteiger partial charge is 0.128 e. The summed E-state index contributed by atoms with van der Waals surface area (Å²) < 4.78 is 28.3. The van der Waals surface area contributed by atoms with E-state index < -0.39 is 17.0 Å². The highest BCUT2D eigenvalue weighted by Crippen LogP contribution is 2.34. The second-order valence-electron chi connectivity index (χ2n) is 4.16. The van der Waals surface area contributed by atoms with Crippen molar-refractivity contribution in [1.82, 2.24) is 0 Å². The normalized spacial score (nSPS) is 12.5. The fourth-order valence-corrected chi connectivity index (χ4v) is 2.53. The maximum atomic E-state index is 13.9. The summed E-state index contributed by atoms with van der Waals surface area (Å²) >= 11 is 14.3. The van der Waals surface area contributed by atoms with Gasteiger partial charge in [0.1, 0.15) is 11.6 Å². The number of aryl methyl sites for hydroxylation is 1. The molecule has 0 aromatic heterocycles. The Morgan fingerprint density at radius 3 is 2.42 bits per heavy atom. The van der Waals surface area contributed by atoms with Crippen LogP contribution in [0, 0.1) is 22.1 Å². The molecule has 0 saturated heterocycles. The van der Waals surface area contributed by atoms with E-state index in [9.17, 15) is 8.78 Å². The zero-order valence-electron chi connectivity index (χ0n) is 9.85. The van der Waals surface area contributed by atoms with Crippen LogP contribution in [0.5, 0.6) is 0 Å². The summed E-state index contributed by atoms with van der Waals surface area (Å²) in [6.07, 6.45) is 0. The van der Waals surface area contributed by atoms with Crippen LogP contribution in [-0.2, 0) is 0 Å². The minimum absolute atomic E-state index is 0.113. The Hall–Kier alpha value is -0.390. The van der Waals surface area contributed by atoms with Gasteiger partial charge in [0.05, 0.1) is 10.4 Å². The maximum Gasteiger partial charge on any atom is 0.128 e. The highest BCUT2D eigenvalue weighted by Gasteiger charge is 2.18. The van der Waals surface area contributed by atoms with Crippen LogP contribution in [0.25, 0.3) is 0 Å². The lowest BCUT2D eigenvalue weighted by Crippen LogP contribution is -2.00. The van der Waals surface area contributed by atoms with Crippen molar-refractivity contribution in [3.05, 3.63) is 67.2 Å². The molecule has 0 amide bonds. The van der Waals surface area contributed by atoms with Gasteiger partial charge in [-0.15, -0.1) is 11.6 Å². The molecule has 1 atom stereocenters. The van der Waals surface area contributed by atoms with Gasteiger partial charge in [-0.3, -0.25) is 0 Å². The van der Waals surface area contributed by atoms with E-state index in [2.05, 4.69) is 22.6 Å². The lowest BCUT2D eigenvalue weighted by molar-refractivity contribution is 0.580. The van der Waals surface area contributed by atoms with Gasteiger partial charge in [-0.05, 0) is 64.9 Å². The average molecular weight is 413 g/mol. The molecule has 19 heavy (non-hydrogen) atoms. The lowest BCUT2D eigenvalue weighted by atomic mass is 10.0. The van der Waals surface area contributed by atoms with Gasteiger partial charge in [0.25, 0.3) is 0 Å². The van der Waals surface area contributed by atoms with Crippen LogP contribution in [0.4, 0.5) is 8.78 Å². The Morgan fingerprint density at radius 1 is 1.11 bits per heavy atom. The molecule has 5 heteroatoms. The highest BCUT2D eigenvalue weighted by molar-refractivity contribution is 14.1. The molecule has 0 N–H and O–H groups in total. The van der Waals surface area contributed by atoms with E-state index in [0.717, 1.165) is 15.7 Å². The molecule has 2 rings (SSSR count). The molecule has 2 aromatic rings. The zero-order chi connectivity index (χ0) is 14.2. The minimum Gasteiger partial charge on any atom is -0.207 e. The van der Waals surface area contributed by atoms with Crippen molar-refractivity contribution in [1.29, 1.82) is 0 Å². The van der Waals surface area contributed by atoms with Crippen LogP contribution in [0.3, 0.4) is 0 Å². The predicted octanol–water partition coefficient (Wildman–Crippen LogP) is 5.86. The summed E-state index contributed by atoms with van der Waals surface area (Å²) in [5.41, 5.74) is 1.00. The third kappa shape index (κ3) is 3.20. The van der Waals surface area contributed by atoms with Crippen molar-refractivity contribution < 1.29 is 8.78 Å². The summed E-state index contributed by atoms with van der Waals surface area (Å²) in [4.78, 5) is 0. The first-order valence-corrected chi connectivity index (χ1v) is 7.34. The van der Waals surface area contributed by atoms with E-state index in [4.69, 9.17) is 23.2 Å². The molecular formula is C14H9Cl2F2I. The molecule has 0 saturated carbocycles. The van der Waals surface area contributed by atoms with Gasteiger partial charge >= 0.3 is 0 Å². The molecule has 0 aliphatic rings. The molecule has 0 fully saturated rings. The van der Waals surface area contributed by atoms with Gasteiger partial charge in [-0.25, -0.2) is 8.78 Å². The Morgan fingerprint density at radius 2 is 1.79 bits per heavy atom.